The van der Waals surface area contributed by atoms with Crippen molar-refractivity contribution >= 4 is 34.2 Å². The normalized spacial score (nSPS) is 21.2. The van der Waals surface area contributed by atoms with E-state index < -0.39 is 0 Å². The lowest BCUT2D eigenvalue weighted by Gasteiger charge is -2.24. The molecule has 6 heteroatoms. The molecule has 0 amide bonds. The molecule has 1 aromatic carbocycles. The van der Waals surface area contributed by atoms with Crippen LogP contribution in [0.25, 0.3) is 11.0 Å². The topological polar surface area (TPSA) is 36.3 Å². The number of halogens is 2. The monoisotopic (exact) mass is 314 g/mol. The molecule has 1 fully saturated rings. The van der Waals surface area contributed by atoms with E-state index in [1.54, 1.807) is 0 Å². The highest BCUT2D eigenvalue weighted by molar-refractivity contribution is 6.31. The van der Waals surface area contributed by atoms with Gasteiger partial charge in [0, 0.05) is 5.02 Å². The molecule has 20 heavy (non-hydrogen) atoms. The number of aromatic nitrogens is 2. The lowest BCUT2D eigenvalue weighted by atomic mass is 10.3. The Balaban J connectivity index is 2.01. The van der Waals surface area contributed by atoms with Crippen molar-refractivity contribution in [1.82, 2.24) is 9.55 Å². The van der Waals surface area contributed by atoms with Gasteiger partial charge >= 0.3 is 0 Å². The Morgan fingerprint density at radius 3 is 3.00 bits per heavy atom. The molecule has 4 nitrogen and oxygen atoms in total. The summed E-state index contributed by atoms with van der Waals surface area (Å²) in [6.45, 7) is 4.47. The van der Waals surface area contributed by atoms with E-state index in [4.69, 9.17) is 32.7 Å². The van der Waals surface area contributed by atoms with E-state index in [-0.39, 0.29) is 11.5 Å². The van der Waals surface area contributed by atoms with E-state index in [2.05, 4.69) is 9.55 Å². The molecule has 0 N–H and O–H groups in total. The highest BCUT2D eigenvalue weighted by atomic mass is 35.5. The zero-order valence-electron chi connectivity index (χ0n) is 11.2. The molecule has 1 aliphatic heterocycles. The molecule has 2 aromatic rings. The van der Waals surface area contributed by atoms with E-state index in [9.17, 15) is 0 Å². The molecule has 0 spiro atoms. The van der Waals surface area contributed by atoms with Crippen LogP contribution in [0.1, 0.15) is 18.1 Å². The summed E-state index contributed by atoms with van der Waals surface area (Å²) in [5.41, 5.74) is 1.88. The molecule has 108 valence electrons. The van der Waals surface area contributed by atoms with Crippen molar-refractivity contribution < 1.29 is 9.47 Å². The second-order valence-electron chi connectivity index (χ2n) is 4.90. The first kappa shape index (κ1) is 14.1. The summed E-state index contributed by atoms with van der Waals surface area (Å²) in [6, 6.07) is 5.66. The number of nitrogens with zero attached hydrogens (tertiary/aromatic N) is 2. The minimum absolute atomic E-state index is 0.0225. The maximum absolute atomic E-state index is 6.25. The molecular formula is C14H16Cl2N2O2. The van der Waals surface area contributed by atoms with Gasteiger partial charge in [-0.3, -0.25) is 0 Å². The van der Waals surface area contributed by atoms with Crippen LogP contribution in [0, 0.1) is 0 Å². The highest BCUT2D eigenvalue weighted by Gasteiger charge is 2.21. The number of hydrogen-bond acceptors (Lipinski definition) is 3. The Labute approximate surface area is 127 Å². The summed E-state index contributed by atoms with van der Waals surface area (Å²) in [4.78, 5) is 4.59. The first-order valence-electron chi connectivity index (χ1n) is 6.64. The van der Waals surface area contributed by atoms with Crippen LogP contribution in [0.15, 0.2) is 18.2 Å². The minimum Gasteiger partial charge on any atom is -0.376 e. The van der Waals surface area contributed by atoms with Crippen LogP contribution in [0.4, 0.5) is 0 Å². The van der Waals surface area contributed by atoms with E-state index in [0.29, 0.717) is 31.4 Å². The number of fused-ring (bicyclic) bond motifs is 1. The molecule has 0 saturated carbocycles. The fourth-order valence-electron chi connectivity index (χ4n) is 2.46. The minimum atomic E-state index is -0.175. The highest BCUT2D eigenvalue weighted by Crippen LogP contribution is 2.27. The summed E-state index contributed by atoms with van der Waals surface area (Å²) in [6.07, 6.45) is 0.0225. The van der Waals surface area contributed by atoms with Crippen LogP contribution in [-0.4, -0.2) is 35.5 Å². The molecule has 2 atom stereocenters. The van der Waals surface area contributed by atoms with E-state index >= 15 is 0 Å². The van der Waals surface area contributed by atoms with Crippen molar-refractivity contribution in [2.75, 3.05) is 19.8 Å². The van der Waals surface area contributed by atoms with Crippen LogP contribution >= 0.6 is 23.2 Å². The lowest BCUT2D eigenvalue weighted by Crippen LogP contribution is -2.32. The summed E-state index contributed by atoms with van der Waals surface area (Å²) in [5.74, 6) is 0.832. The molecular weight excluding hydrogens is 299 g/mol. The number of benzene rings is 1. The average molecular weight is 315 g/mol. The molecule has 0 radical (unpaired) electrons. The van der Waals surface area contributed by atoms with Gasteiger partial charge in [0.2, 0.25) is 0 Å². The second kappa shape index (κ2) is 5.90. The fourth-order valence-corrected chi connectivity index (χ4v) is 2.79. The van der Waals surface area contributed by atoms with Crippen LogP contribution in [-0.2, 0) is 16.0 Å². The Bertz CT molecular complexity index is 606. The Hall–Kier alpha value is -0.810. The molecule has 2 heterocycles. The van der Waals surface area contributed by atoms with Gasteiger partial charge in [-0.05, 0) is 25.1 Å². The number of alkyl halides is 1. The lowest BCUT2D eigenvalue weighted by molar-refractivity contribution is -0.0934. The average Bonchev–Trinajstić information content (AvgIpc) is 2.78. The summed E-state index contributed by atoms with van der Waals surface area (Å²) in [7, 11) is 0. The van der Waals surface area contributed by atoms with Crippen LogP contribution < -0.4 is 0 Å². The maximum atomic E-state index is 6.25. The second-order valence-corrected chi connectivity index (χ2v) is 5.99. The molecule has 1 aromatic heterocycles. The smallest absolute Gasteiger partial charge is 0.127 e. The summed E-state index contributed by atoms with van der Waals surface area (Å²) < 4.78 is 13.2. The van der Waals surface area contributed by atoms with Gasteiger partial charge in [0.25, 0.3) is 0 Å². The molecule has 1 aliphatic rings. The SMILES string of the molecule is CC(Cl)c1nc2ccc(Cl)cc2n1CC1COCCO1. The first-order valence-corrected chi connectivity index (χ1v) is 7.45. The number of imidazole rings is 1. The fraction of sp³-hybridized carbons (Fsp3) is 0.500. The van der Waals surface area contributed by atoms with E-state index in [1.807, 2.05) is 25.1 Å². The molecule has 3 rings (SSSR count). The van der Waals surface area contributed by atoms with Crippen molar-refractivity contribution in [2.24, 2.45) is 0 Å². The van der Waals surface area contributed by atoms with Gasteiger partial charge in [-0.2, -0.15) is 0 Å². The van der Waals surface area contributed by atoms with Gasteiger partial charge in [-0.15, -0.1) is 11.6 Å². The van der Waals surface area contributed by atoms with Crippen LogP contribution in [0.5, 0.6) is 0 Å². The van der Waals surface area contributed by atoms with E-state index in [0.717, 1.165) is 16.9 Å². The van der Waals surface area contributed by atoms with Crippen LogP contribution in [0.3, 0.4) is 0 Å². The molecule has 1 saturated heterocycles. The van der Waals surface area contributed by atoms with Crippen molar-refractivity contribution in [2.45, 2.75) is 24.9 Å². The Morgan fingerprint density at radius 2 is 2.30 bits per heavy atom. The van der Waals surface area contributed by atoms with E-state index in [1.165, 1.54) is 0 Å². The quantitative estimate of drug-likeness (QED) is 0.815. The third-order valence-corrected chi connectivity index (χ3v) is 3.80. The third-order valence-electron chi connectivity index (χ3n) is 3.37. The number of hydrogen-bond donors (Lipinski definition) is 0. The number of ether oxygens (including phenoxy) is 2. The third kappa shape index (κ3) is 2.79. The van der Waals surface area contributed by atoms with Crippen molar-refractivity contribution in [3.63, 3.8) is 0 Å². The molecule has 0 aliphatic carbocycles. The van der Waals surface area contributed by atoms with Crippen molar-refractivity contribution in [1.29, 1.82) is 0 Å². The first-order chi connectivity index (χ1) is 9.65. The van der Waals surface area contributed by atoms with Gasteiger partial charge in [0.15, 0.2) is 0 Å². The van der Waals surface area contributed by atoms with Gasteiger partial charge in [-0.25, -0.2) is 4.98 Å². The summed E-state index contributed by atoms with van der Waals surface area (Å²) in [5, 5.41) is 0.513. The van der Waals surface area contributed by atoms with Gasteiger partial charge in [-0.1, -0.05) is 11.6 Å². The number of rotatable bonds is 3. The predicted molar refractivity (Wildman–Crippen MR) is 79.6 cm³/mol. The zero-order chi connectivity index (χ0) is 14.1. The maximum Gasteiger partial charge on any atom is 0.127 e. The van der Waals surface area contributed by atoms with Gasteiger partial charge in [0.05, 0.1) is 48.9 Å². The molecule has 0 bridgehead atoms. The van der Waals surface area contributed by atoms with Crippen LogP contribution in [0.2, 0.25) is 5.02 Å². The largest absolute Gasteiger partial charge is 0.376 e. The van der Waals surface area contributed by atoms with Gasteiger partial charge in [0.1, 0.15) is 5.82 Å². The predicted octanol–water partition coefficient (Wildman–Crippen LogP) is 3.40. The Morgan fingerprint density at radius 1 is 1.45 bits per heavy atom. The van der Waals surface area contributed by atoms with Gasteiger partial charge < -0.3 is 14.0 Å². The standard InChI is InChI=1S/C14H16Cl2N2O2/c1-9(15)14-17-12-3-2-10(16)6-13(12)18(14)7-11-8-19-4-5-20-11/h2-3,6,9,11H,4-5,7-8H2,1H3. The zero-order valence-corrected chi connectivity index (χ0v) is 12.7. The van der Waals surface area contributed by atoms with Crippen molar-refractivity contribution in [3.05, 3.63) is 29.0 Å². The Kier molecular flexibility index (Phi) is 4.17. The molecule has 2 unspecified atom stereocenters. The van der Waals surface area contributed by atoms with Crippen molar-refractivity contribution in [3.8, 4) is 0 Å². The summed E-state index contributed by atoms with van der Waals surface area (Å²) >= 11 is 12.3.